The molecule has 0 unspecified atom stereocenters. The summed E-state index contributed by atoms with van der Waals surface area (Å²) < 4.78 is 1.59. The summed E-state index contributed by atoms with van der Waals surface area (Å²) in [6.45, 7) is 1.12. The van der Waals surface area contributed by atoms with Gasteiger partial charge < -0.3 is 5.73 Å². The zero-order chi connectivity index (χ0) is 13.0. The van der Waals surface area contributed by atoms with Gasteiger partial charge in [-0.15, -0.1) is 5.10 Å². The normalized spacial score (nSPS) is 10.5. The lowest BCUT2D eigenvalue weighted by Gasteiger charge is -2.03. The molecule has 0 bridgehead atoms. The van der Waals surface area contributed by atoms with Crippen molar-refractivity contribution in [2.24, 2.45) is 5.73 Å². The average Bonchev–Trinajstić information content (AvgIpc) is 2.84. The first-order chi connectivity index (χ1) is 8.72. The number of nitro benzene ring substituents is 1. The van der Waals surface area contributed by atoms with Crippen molar-refractivity contribution in [1.82, 2.24) is 20.2 Å². The Morgan fingerprint density at radius 2 is 2.28 bits per heavy atom. The second-order valence-electron chi connectivity index (χ2n) is 3.68. The molecule has 2 N–H and O–H groups in total. The highest BCUT2D eigenvalue weighted by molar-refractivity contribution is 5.58. The Morgan fingerprint density at radius 1 is 1.44 bits per heavy atom. The van der Waals surface area contributed by atoms with E-state index in [0.29, 0.717) is 24.5 Å². The summed E-state index contributed by atoms with van der Waals surface area (Å²) in [6, 6.07) is 6.22. The lowest BCUT2D eigenvalue weighted by molar-refractivity contribution is -0.384. The summed E-state index contributed by atoms with van der Waals surface area (Å²) >= 11 is 0. The van der Waals surface area contributed by atoms with Crippen LogP contribution in [0.2, 0.25) is 0 Å². The lowest BCUT2D eigenvalue weighted by atomic mass is 10.2. The number of nitrogens with two attached hydrogens (primary N) is 1. The summed E-state index contributed by atoms with van der Waals surface area (Å²) in [4.78, 5) is 10.3. The minimum atomic E-state index is -0.447. The molecule has 0 aliphatic carbocycles. The first-order valence-electron chi connectivity index (χ1n) is 5.43. The van der Waals surface area contributed by atoms with E-state index in [9.17, 15) is 10.1 Å². The number of rotatable bonds is 5. The van der Waals surface area contributed by atoms with Gasteiger partial charge in [-0.2, -0.15) is 0 Å². The van der Waals surface area contributed by atoms with Crippen molar-refractivity contribution < 1.29 is 4.92 Å². The molecule has 0 spiro atoms. The number of hydrogen-bond acceptors (Lipinski definition) is 6. The quantitative estimate of drug-likeness (QED) is 0.612. The van der Waals surface area contributed by atoms with Crippen LogP contribution >= 0.6 is 0 Å². The third-order valence-corrected chi connectivity index (χ3v) is 2.42. The smallest absolute Gasteiger partial charge is 0.270 e. The molecule has 0 atom stereocenters. The van der Waals surface area contributed by atoms with Crippen LogP contribution in [0.4, 0.5) is 5.69 Å². The summed E-state index contributed by atoms with van der Waals surface area (Å²) in [5.74, 6) is 0.507. The van der Waals surface area contributed by atoms with Crippen molar-refractivity contribution in [1.29, 1.82) is 0 Å². The fourth-order valence-electron chi connectivity index (χ4n) is 1.56. The Balaban J connectivity index is 2.33. The monoisotopic (exact) mass is 248 g/mol. The van der Waals surface area contributed by atoms with Gasteiger partial charge in [0.15, 0.2) is 5.82 Å². The van der Waals surface area contributed by atoms with Crippen molar-refractivity contribution >= 4 is 5.69 Å². The van der Waals surface area contributed by atoms with E-state index in [2.05, 4.69) is 15.5 Å². The zero-order valence-electron chi connectivity index (χ0n) is 9.56. The average molecular weight is 248 g/mol. The minimum absolute atomic E-state index is 0.0147. The van der Waals surface area contributed by atoms with E-state index in [1.165, 1.54) is 12.1 Å². The Morgan fingerprint density at radius 3 is 3.00 bits per heavy atom. The third kappa shape index (κ3) is 2.48. The van der Waals surface area contributed by atoms with Crippen LogP contribution in [0, 0.1) is 10.1 Å². The number of aromatic nitrogens is 4. The fourth-order valence-corrected chi connectivity index (χ4v) is 1.56. The van der Waals surface area contributed by atoms with Gasteiger partial charge in [0.25, 0.3) is 5.69 Å². The second-order valence-corrected chi connectivity index (χ2v) is 3.68. The standard InChI is InChI=1S/C10H12N6O2/c11-5-2-6-15-10(12-13-14-15)8-3-1-4-9(7-8)16(17)18/h1,3-4,7H,2,5-6,11H2. The predicted octanol–water partition coefficient (Wildman–Crippen LogP) is 0.597. The summed E-state index contributed by atoms with van der Waals surface area (Å²) in [5.41, 5.74) is 6.06. The Labute approximate surface area is 103 Å². The van der Waals surface area contributed by atoms with E-state index in [1.54, 1.807) is 16.8 Å². The van der Waals surface area contributed by atoms with E-state index in [-0.39, 0.29) is 5.69 Å². The molecular weight excluding hydrogens is 236 g/mol. The van der Waals surface area contributed by atoms with Gasteiger partial charge in [-0.25, -0.2) is 4.68 Å². The molecule has 0 radical (unpaired) electrons. The Bertz CT molecular complexity index is 553. The van der Waals surface area contributed by atoms with Crippen LogP contribution in [0.1, 0.15) is 6.42 Å². The molecule has 1 heterocycles. The maximum absolute atomic E-state index is 10.7. The summed E-state index contributed by atoms with van der Waals surface area (Å²) in [7, 11) is 0. The van der Waals surface area contributed by atoms with Gasteiger partial charge in [-0.3, -0.25) is 10.1 Å². The molecule has 0 saturated heterocycles. The highest BCUT2D eigenvalue weighted by Crippen LogP contribution is 2.21. The lowest BCUT2D eigenvalue weighted by Crippen LogP contribution is -2.08. The van der Waals surface area contributed by atoms with Gasteiger partial charge >= 0.3 is 0 Å². The van der Waals surface area contributed by atoms with Crippen LogP contribution in [0.3, 0.4) is 0 Å². The predicted molar refractivity (Wildman–Crippen MR) is 63.6 cm³/mol. The molecule has 0 fully saturated rings. The van der Waals surface area contributed by atoms with Crippen molar-refractivity contribution in [3.63, 3.8) is 0 Å². The van der Waals surface area contributed by atoms with Crippen LogP contribution in [-0.2, 0) is 6.54 Å². The van der Waals surface area contributed by atoms with Crippen LogP contribution in [-0.4, -0.2) is 31.7 Å². The molecule has 0 amide bonds. The van der Waals surface area contributed by atoms with E-state index in [4.69, 9.17) is 5.73 Å². The van der Waals surface area contributed by atoms with Gasteiger partial charge in [-0.1, -0.05) is 12.1 Å². The van der Waals surface area contributed by atoms with Crippen LogP contribution in [0.15, 0.2) is 24.3 Å². The maximum atomic E-state index is 10.7. The topological polar surface area (TPSA) is 113 Å². The highest BCUT2D eigenvalue weighted by atomic mass is 16.6. The molecule has 8 nitrogen and oxygen atoms in total. The number of aryl methyl sites for hydroxylation is 1. The Kier molecular flexibility index (Phi) is 3.58. The number of nitrogens with zero attached hydrogens (tertiary/aromatic N) is 5. The molecule has 1 aromatic carbocycles. The Hall–Kier alpha value is -2.35. The van der Waals surface area contributed by atoms with Crippen molar-refractivity contribution in [2.75, 3.05) is 6.54 Å². The molecule has 1 aromatic heterocycles. The van der Waals surface area contributed by atoms with Gasteiger partial charge in [0.1, 0.15) is 0 Å². The van der Waals surface area contributed by atoms with Crippen molar-refractivity contribution in [3.05, 3.63) is 34.4 Å². The molecule has 94 valence electrons. The summed E-state index contributed by atoms with van der Waals surface area (Å²) in [5, 5.41) is 22.0. The number of tetrazole rings is 1. The fraction of sp³-hybridized carbons (Fsp3) is 0.300. The van der Waals surface area contributed by atoms with Gasteiger partial charge in [0.2, 0.25) is 0 Å². The maximum Gasteiger partial charge on any atom is 0.270 e. The van der Waals surface area contributed by atoms with E-state index >= 15 is 0 Å². The number of hydrogen-bond donors (Lipinski definition) is 1. The molecule has 0 aliphatic rings. The molecule has 2 aromatic rings. The largest absolute Gasteiger partial charge is 0.330 e. The first-order valence-corrected chi connectivity index (χ1v) is 5.43. The molecular formula is C10H12N6O2. The number of nitro groups is 1. The van der Waals surface area contributed by atoms with Gasteiger partial charge in [0, 0.05) is 24.2 Å². The first kappa shape index (κ1) is 12.1. The van der Waals surface area contributed by atoms with Crippen LogP contribution in [0.5, 0.6) is 0 Å². The van der Waals surface area contributed by atoms with Gasteiger partial charge in [-0.05, 0) is 23.4 Å². The molecule has 2 rings (SSSR count). The van der Waals surface area contributed by atoms with Gasteiger partial charge in [0.05, 0.1) is 4.92 Å². The number of non-ortho nitro benzene ring substituents is 1. The SMILES string of the molecule is NCCCn1nnnc1-c1cccc([N+](=O)[O-])c1. The van der Waals surface area contributed by atoms with Crippen molar-refractivity contribution in [3.8, 4) is 11.4 Å². The van der Waals surface area contributed by atoms with E-state index in [0.717, 1.165) is 6.42 Å². The molecule has 0 aliphatic heterocycles. The van der Waals surface area contributed by atoms with Crippen LogP contribution < -0.4 is 5.73 Å². The molecule has 18 heavy (non-hydrogen) atoms. The van der Waals surface area contributed by atoms with E-state index < -0.39 is 4.92 Å². The summed E-state index contributed by atoms with van der Waals surface area (Å²) in [6.07, 6.45) is 0.743. The van der Waals surface area contributed by atoms with Crippen LogP contribution in [0.25, 0.3) is 11.4 Å². The van der Waals surface area contributed by atoms with Crippen molar-refractivity contribution in [2.45, 2.75) is 13.0 Å². The highest BCUT2D eigenvalue weighted by Gasteiger charge is 2.12. The number of benzene rings is 1. The minimum Gasteiger partial charge on any atom is -0.330 e. The van der Waals surface area contributed by atoms with E-state index in [1.807, 2.05) is 0 Å². The third-order valence-electron chi connectivity index (χ3n) is 2.42. The zero-order valence-corrected chi connectivity index (χ0v) is 9.56. The molecule has 0 saturated carbocycles. The molecule has 8 heteroatoms. The second kappa shape index (κ2) is 5.32.